The molecule has 1 atom stereocenters. The highest BCUT2D eigenvalue weighted by atomic mass is 16.5. The van der Waals surface area contributed by atoms with Gasteiger partial charge in [0.25, 0.3) is 0 Å². The third kappa shape index (κ3) is 4.60. The highest BCUT2D eigenvalue weighted by Gasteiger charge is 2.35. The molecule has 0 radical (unpaired) electrons. The van der Waals surface area contributed by atoms with Gasteiger partial charge in [0.1, 0.15) is 0 Å². The third-order valence-corrected chi connectivity index (χ3v) is 3.93. The van der Waals surface area contributed by atoms with E-state index in [-0.39, 0.29) is 11.4 Å². The zero-order chi connectivity index (χ0) is 13.6. The van der Waals surface area contributed by atoms with Crippen molar-refractivity contribution in [3.63, 3.8) is 0 Å². The molecule has 18 heavy (non-hydrogen) atoms. The van der Waals surface area contributed by atoms with Gasteiger partial charge in [-0.2, -0.15) is 0 Å². The second-order valence-corrected chi connectivity index (χ2v) is 6.22. The fourth-order valence-corrected chi connectivity index (χ4v) is 2.16. The van der Waals surface area contributed by atoms with Crippen molar-refractivity contribution in [2.45, 2.75) is 65.8 Å². The van der Waals surface area contributed by atoms with Crippen LogP contribution in [-0.2, 0) is 9.53 Å². The van der Waals surface area contributed by atoms with Crippen molar-refractivity contribution in [3.8, 4) is 0 Å². The molecule has 0 heterocycles. The minimum atomic E-state index is -0.365. The van der Waals surface area contributed by atoms with Crippen LogP contribution in [0.5, 0.6) is 0 Å². The Hall–Kier alpha value is -0.570. The summed E-state index contributed by atoms with van der Waals surface area (Å²) in [7, 11) is 0. The van der Waals surface area contributed by atoms with Gasteiger partial charge in [0.2, 0.25) is 0 Å². The fraction of sp³-hybridized carbons (Fsp3) is 0.933. The lowest BCUT2D eigenvalue weighted by Crippen LogP contribution is -2.45. The van der Waals surface area contributed by atoms with E-state index < -0.39 is 0 Å². The van der Waals surface area contributed by atoms with Crippen molar-refractivity contribution in [1.82, 2.24) is 5.32 Å². The third-order valence-electron chi connectivity index (χ3n) is 3.93. The first kappa shape index (κ1) is 15.5. The molecule has 0 amide bonds. The quantitative estimate of drug-likeness (QED) is 0.677. The number of carbonyl (C=O) groups excluding carboxylic acids is 1. The maximum atomic E-state index is 12.1. The summed E-state index contributed by atoms with van der Waals surface area (Å²) < 4.78 is 5.24. The Morgan fingerprint density at radius 1 is 1.44 bits per heavy atom. The van der Waals surface area contributed by atoms with E-state index in [4.69, 9.17) is 4.74 Å². The van der Waals surface area contributed by atoms with Crippen LogP contribution in [-0.4, -0.2) is 25.2 Å². The summed E-state index contributed by atoms with van der Waals surface area (Å²) in [6.45, 7) is 9.54. The van der Waals surface area contributed by atoms with E-state index in [1.165, 1.54) is 19.3 Å². The van der Waals surface area contributed by atoms with Gasteiger partial charge in [0, 0.05) is 12.6 Å². The molecule has 1 aliphatic carbocycles. The molecular formula is C15H29NO2. The Morgan fingerprint density at radius 3 is 2.56 bits per heavy atom. The average Bonchev–Trinajstić information content (AvgIpc) is 2.24. The molecule has 3 nitrogen and oxygen atoms in total. The Kier molecular flexibility index (Phi) is 6.13. The van der Waals surface area contributed by atoms with E-state index in [9.17, 15) is 4.79 Å². The van der Waals surface area contributed by atoms with Crippen LogP contribution in [0.3, 0.4) is 0 Å². The van der Waals surface area contributed by atoms with E-state index in [1.54, 1.807) is 0 Å². The lowest BCUT2D eigenvalue weighted by molar-refractivity contribution is -0.155. The Morgan fingerprint density at radius 2 is 2.11 bits per heavy atom. The molecule has 1 aliphatic rings. The molecule has 0 bridgehead atoms. The van der Waals surface area contributed by atoms with Crippen molar-refractivity contribution in [3.05, 3.63) is 0 Å². The van der Waals surface area contributed by atoms with Gasteiger partial charge in [0.15, 0.2) is 0 Å². The lowest BCUT2D eigenvalue weighted by atomic mass is 9.82. The van der Waals surface area contributed by atoms with Crippen LogP contribution >= 0.6 is 0 Å². The largest absolute Gasteiger partial charge is 0.466 e. The van der Waals surface area contributed by atoms with Crippen LogP contribution in [0.2, 0.25) is 0 Å². The van der Waals surface area contributed by atoms with Crippen molar-refractivity contribution < 1.29 is 9.53 Å². The number of rotatable bonds is 8. The molecule has 1 rings (SSSR count). The molecule has 1 unspecified atom stereocenters. The maximum absolute atomic E-state index is 12.1. The SMILES string of the molecule is CCOC(=O)C(C)(CCC(C)C)CNC1CCC1. The zero-order valence-electron chi connectivity index (χ0n) is 12.4. The van der Waals surface area contributed by atoms with Gasteiger partial charge < -0.3 is 10.1 Å². The number of carbonyl (C=O) groups is 1. The predicted octanol–water partition coefficient (Wildman–Crippen LogP) is 3.13. The molecule has 3 heteroatoms. The van der Waals surface area contributed by atoms with Crippen LogP contribution in [0.15, 0.2) is 0 Å². The molecule has 1 N–H and O–H groups in total. The topological polar surface area (TPSA) is 38.3 Å². The van der Waals surface area contributed by atoms with Crippen LogP contribution in [0.1, 0.15) is 59.8 Å². The molecule has 0 aliphatic heterocycles. The molecule has 0 spiro atoms. The maximum Gasteiger partial charge on any atom is 0.313 e. The molecular weight excluding hydrogens is 226 g/mol. The van der Waals surface area contributed by atoms with E-state index in [2.05, 4.69) is 19.2 Å². The number of esters is 1. The zero-order valence-corrected chi connectivity index (χ0v) is 12.4. The monoisotopic (exact) mass is 255 g/mol. The summed E-state index contributed by atoms with van der Waals surface area (Å²) in [5.41, 5.74) is -0.365. The summed E-state index contributed by atoms with van der Waals surface area (Å²) in [5, 5.41) is 3.52. The Balaban J connectivity index is 2.50. The van der Waals surface area contributed by atoms with Crippen LogP contribution in [0.25, 0.3) is 0 Å². The first-order chi connectivity index (χ1) is 8.48. The molecule has 0 aromatic carbocycles. The average molecular weight is 255 g/mol. The number of ether oxygens (including phenoxy) is 1. The standard InChI is InChI=1S/C15H29NO2/c1-5-18-14(17)15(4,10-9-12(2)3)11-16-13-7-6-8-13/h12-13,16H,5-11H2,1-4H3. The van der Waals surface area contributed by atoms with E-state index in [0.29, 0.717) is 18.6 Å². The van der Waals surface area contributed by atoms with Gasteiger partial charge in [-0.1, -0.05) is 20.3 Å². The highest BCUT2D eigenvalue weighted by molar-refractivity contribution is 5.76. The second-order valence-electron chi connectivity index (χ2n) is 6.22. The van der Waals surface area contributed by atoms with Crippen LogP contribution in [0, 0.1) is 11.3 Å². The van der Waals surface area contributed by atoms with Crippen LogP contribution < -0.4 is 5.32 Å². The Labute approximate surface area is 112 Å². The number of nitrogens with one attached hydrogen (secondary N) is 1. The van der Waals surface area contributed by atoms with Gasteiger partial charge in [0.05, 0.1) is 12.0 Å². The summed E-state index contributed by atoms with van der Waals surface area (Å²) in [5.74, 6) is 0.583. The number of hydrogen-bond donors (Lipinski definition) is 1. The first-order valence-corrected chi connectivity index (χ1v) is 7.38. The second kappa shape index (κ2) is 7.13. The molecule has 0 aromatic rings. The van der Waals surface area contributed by atoms with E-state index >= 15 is 0 Å². The Bertz CT molecular complexity index is 261. The fourth-order valence-electron chi connectivity index (χ4n) is 2.16. The minimum Gasteiger partial charge on any atom is -0.466 e. The molecule has 106 valence electrons. The molecule has 0 aromatic heterocycles. The smallest absolute Gasteiger partial charge is 0.313 e. The van der Waals surface area contributed by atoms with Crippen LogP contribution in [0.4, 0.5) is 0 Å². The predicted molar refractivity (Wildman–Crippen MR) is 74.5 cm³/mol. The van der Waals surface area contributed by atoms with Gasteiger partial charge >= 0.3 is 5.97 Å². The van der Waals surface area contributed by atoms with Gasteiger partial charge in [-0.3, -0.25) is 4.79 Å². The first-order valence-electron chi connectivity index (χ1n) is 7.38. The molecule has 1 fully saturated rings. The van der Waals surface area contributed by atoms with Crippen molar-refractivity contribution in [1.29, 1.82) is 0 Å². The summed E-state index contributed by atoms with van der Waals surface area (Å²) in [6.07, 6.45) is 5.80. The summed E-state index contributed by atoms with van der Waals surface area (Å²) in [4.78, 5) is 12.1. The lowest BCUT2D eigenvalue weighted by Gasteiger charge is -2.33. The minimum absolute atomic E-state index is 0.0440. The normalized spacial score (nSPS) is 19.4. The van der Waals surface area contributed by atoms with Gasteiger partial charge in [-0.15, -0.1) is 0 Å². The number of hydrogen-bond acceptors (Lipinski definition) is 3. The van der Waals surface area contributed by atoms with E-state index in [0.717, 1.165) is 19.4 Å². The molecule has 0 saturated heterocycles. The molecule has 1 saturated carbocycles. The van der Waals surface area contributed by atoms with Crippen molar-refractivity contribution in [2.75, 3.05) is 13.2 Å². The van der Waals surface area contributed by atoms with Gasteiger partial charge in [-0.25, -0.2) is 0 Å². The van der Waals surface area contributed by atoms with E-state index in [1.807, 2.05) is 13.8 Å². The highest BCUT2D eigenvalue weighted by Crippen LogP contribution is 2.28. The summed E-state index contributed by atoms with van der Waals surface area (Å²) in [6, 6.07) is 0.623. The van der Waals surface area contributed by atoms with Gasteiger partial charge in [-0.05, 0) is 45.4 Å². The van der Waals surface area contributed by atoms with Crippen molar-refractivity contribution in [2.24, 2.45) is 11.3 Å². The summed E-state index contributed by atoms with van der Waals surface area (Å²) >= 11 is 0. The van der Waals surface area contributed by atoms with Crippen molar-refractivity contribution >= 4 is 5.97 Å².